The first-order valence-corrected chi connectivity index (χ1v) is 25.0. The molecule has 0 saturated heterocycles. The van der Waals surface area contributed by atoms with Crippen LogP contribution in [-0.4, -0.2) is 0 Å². The predicted octanol–water partition coefficient (Wildman–Crippen LogP) is 20.0. The Labute approximate surface area is 422 Å². The number of rotatable bonds is 8. The first-order valence-electron chi connectivity index (χ1n) is 25.0. The Bertz CT molecular complexity index is 4530. The summed E-state index contributed by atoms with van der Waals surface area (Å²) in [6.45, 7) is 8.70. The number of benzene rings is 11. The molecule has 0 amide bonds. The number of aryl methyl sites for hydroxylation is 4. The highest BCUT2D eigenvalue weighted by Gasteiger charge is 2.33. The second kappa shape index (κ2) is 16.6. The van der Waals surface area contributed by atoms with E-state index in [1.807, 2.05) is 0 Å². The molecule has 11 aromatic carbocycles. The van der Waals surface area contributed by atoms with Gasteiger partial charge in [0.25, 0.3) is 0 Å². The first kappa shape index (κ1) is 42.5. The summed E-state index contributed by atoms with van der Waals surface area (Å²) in [5.41, 5.74) is 19.7. The van der Waals surface area contributed by atoms with Crippen LogP contribution in [-0.2, 0) is 0 Å². The highest BCUT2D eigenvalue weighted by Crippen LogP contribution is 2.56. The van der Waals surface area contributed by atoms with Crippen LogP contribution < -0.4 is 9.80 Å². The molecule has 0 aliphatic heterocycles. The number of para-hydroxylation sites is 7. The van der Waals surface area contributed by atoms with E-state index >= 15 is 0 Å². The van der Waals surface area contributed by atoms with E-state index in [9.17, 15) is 0 Å². The van der Waals surface area contributed by atoms with Crippen LogP contribution in [0.15, 0.2) is 232 Å². The van der Waals surface area contributed by atoms with Gasteiger partial charge in [0.1, 0.15) is 16.7 Å². The van der Waals surface area contributed by atoms with Crippen molar-refractivity contribution >= 4 is 111 Å². The van der Waals surface area contributed by atoms with Gasteiger partial charge in [-0.2, -0.15) is 0 Å². The molecule has 0 spiro atoms. The van der Waals surface area contributed by atoms with Gasteiger partial charge < -0.3 is 23.1 Å². The number of hydrogen-bond acceptors (Lipinski definition) is 5. The van der Waals surface area contributed by atoms with E-state index < -0.39 is 0 Å². The lowest BCUT2D eigenvalue weighted by Crippen LogP contribution is -2.15. The molecule has 0 aliphatic rings. The van der Waals surface area contributed by atoms with Crippen LogP contribution in [0.5, 0.6) is 0 Å². The second-order valence-electron chi connectivity index (χ2n) is 19.3. The summed E-state index contributed by atoms with van der Waals surface area (Å²) < 4.78 is 22.0. The number of furan rings is 3. The summed E-state index contributed by atoms with van der Waals surface area (Å²) in [6.07, 6.45) is 0. The zero-order valence-corrected chi connectivity index (χ0v) is 40.9. The second-order valence-corrected chi connectivity index (χ2v) is 19.3. The van der Waals surface area contributed by atoms with E-state index in [0.717, 1.165) is 144 Å². The molecular weight excluding hydrogens is 893 g/mol. The van der Waals surface area contributed by atoms with Crippen LogP contribution in [0.3, 0.4) is 0 Å². The van der Waals surface area contributed by atoms with E-state index in [4.69, 9.17) is 13.3 Å². The highest BCUT2D eigenvalue weighted by atomic mass is 16.3. The summed E-state index contributed by atoms with van der Waals surface area (Å²) in [6, 6.07) is 77.7. The van der Waals surface area contributed by atoms with Gasteiger partial charge >= 0.3 is 0 Å². The van der Waals surface area contributed by atoms with Crippen molar-refractivity contribution in [3.8, 4) is 22.3 Å². The summed E-state index contributed by atoms with van der Waals surface area (Å²) in [7, 11) is 0. The zero-order valence-electron chi connectivity index (χ0n) is 40.9. The minimum Gasteiger partial charge on any atom is -0.454 e. The van der Waals surface area contributed by atoms with Crippen LogP contribution in [0.2, 0.25) is 0 Å². The number of nitrogens with zero attached hydrogens (tertiary/aromatic N) is 2. The lowest BCUT2D eigenvalue weighted by molar-refractivity contribution is 0.667. The third kappa shape index (κ3) is 6.48. The van der Waals surface area contributed by atoms with Gasteiger partial charge in [-0.15, -0.1) is 0 Å². The summed E-state index contributed by atoms with van der Waals surface area (Å²) >= 11 is 0. The average molecular weight is 941 g/mol. The molecule has 348 valence electrons. The summed E-state index contributed by atoms with van der Waals surface area (Å²) in [4.78, 5) is 4.81. The SMILES string of the molecule is Cc1ccccc1-c1cccc2c1oc1c(N(c3ccccc3C)c3c4ccccc4c(N(c4ccccc4C)c4cccc5c4oc4c(-c6ccccc6C)cccc45)c4c3oc3ccccc34)cccc12. The molecule has 14 aromatic rings. The van der Waals surface area contributed by atoms with Gasteiger partial charge in [0.15, 0.2) is 16.7 Å². The van der Waals surface area contributed by atoms with Crippen molar-refractivity contribution in [3.63, 3.8) is 0 Å². The van der Waals surface area contributed by atoms with Crippen LogP contribution in [0.1, 0.15) is 22.3 Å². The fourth-order valence-corrected chi connectivity index (χ4v) is 11.6. The van der Waals surface area contributed by atoms with E-state index in [1.54, 1.807) is 0 Å². The molecule has 0 saturated carbocycles. The maximum absolute atomic E-state index is 7.40. The van der Waals surface area contributed by atoms with E-state index in [-0.39, 0.29) is 0 Å². The molecule has 5 nitrogen and oxygen atoms in total. The average Bonchev–Trinajstić information content (AvgIpc) is 4.14. The van der Waals surface area contributed by atoms with Gasteiger partial charge in [0, 0.05) is 60.2 Å². The van der Waals surface area contributed by atoms with Crippen LogP contribution in [0.25, 0.3) is 98.8 Å². The largest absolute Gasteiger partial charge is 0.454 e. The topological polar surface area (TPSA) is 45.9 Å². The van der Waals surface area contributed by atoms with Crippen molar-refractivity contribution < 1.29 is 13.3 Å². The molecular formula is C68H48N2O3. The summed E-state index contributed by atoms with van der Waals surface area (Å²) in [5.74, 6) is 0. The molecule has 5 heteroatoms. The molecule has 0 N–H and O–H groups in total. The first-order chi connectivity index (χ1) is 35.9. The molecule has 0 atom stereocenters. The normalized spacial score (nSPS) is 11.8. The standard InChI is InChI=1S/C68H48N2O3/c1-41-21-5-9-25-45(41)49-30-17-32-51-53-34-19-38-58(66(53)72-64(49)51)69(56-36-14-7-23-43(56)3)62-47-27-11-12-28-48(47)63(68-61(62)55-29-13-16-40-60(55)71-68)70(57-37-15-8-24-44(57)4)59-39-20-35-54-52-33-18-31-50(65(52)73-67(54)59)46-26-10-6-22-42(46)2/h5-40H,1-4H3. The third-order valence-corrected chi connectivity index (χ3v) is 15.0. The van der Waals surface area contributed by atoms with E-state index in [0.29, 0.717) is 0 Å². The Morgan fingerprint density at radius 3 is 1.11 bits per heavy atom. The molecule has 0 radical (unpaired) electrons. The smallest absolute Gasteiger partial charge is 0.162 e. The van der Waals surface area contributed by atoms with Gasteiger partial charge in [-0.3, -0.25) is 0 Å². The molecule has 0 fully saturated rings. The Morgan fingerprint density at radius 2 is 0.603 bits per heavy atom. The van der Waals surface area contributed by atoms with Crippen LogP contribution in [0, 0.1) is 27.7 Å². The minimum atomic E-state index is 0.754. The molecule has 0 bridgehead atoms. The Morgan fingerprint density at radius 1 is 0.247 bits per heavy atom. The van der Waals surface area contributed by atoms with Gasteiger partial charge in [-0.1, -0.05) is 188 Å². The van der Waals surface area contributed by atoms with Gasteiger partial charge in [-0.25, -0.2) is 0 Å². The number of hydrogen-bond donors (Lipinski definition) is 0. The Hall–Kier alpha value is -9.32. The number of anilines is 6. The molecule has 0 unspecified atom stereocenters. The monoisotopic (exact) mass is 940 g/mol. The van der Waals surface area contributed by atoms with Gasteiger partial charge in [0.05, 0.1) is 28.1 Å². The quantitative estimate of drug-likeness (QED) is 0.142. The van der Waals surface area contributed by atoms with E-state index in [2.05, 4.69) is 256 Å². The predicted molar refractivity (Wildman–Crippen MR) is 305 cm³/mol. The van der Waals surface area contributed by atoms with E-state index in [1.165, 1.54) is 11.1 Å². The molecule has 3 heterocycles. The maximum Gasteiger partial charge on any atom is 0.162 e. The van der Waals surface area contributed by atoms with Crippen LogP contribution >= 0.6 is 0 Å². The highest BCUT2D eigenvalue weighted by molar-refractivity contribution is 6.30. The zero-order chi connectivity index (χ0) is 48.9. The third-order valence-electron chi connectivity index (χ3n) is 15.0. The lowest BCUT2D eigenvalue weighted by atomic mass is 9.96. The molecule has 3 aromatic heterocycles. The van der Waals surface area contributed by atoms with Gasteiger partial charge in [0.2, 0.25) is 0 Å². The fraction of sp³-hybridized carbons (Fsp3) is 0.0588. The fourth-order valence-electron chi connectivity index (χ4n) is 11.6. The summed E-state index contributed by atoms with van der Waals surface area (Å²) in [5, 5.41) is 8.27. The molecule has 14 rings (SSSR count). The van der Waals surface area contributed by atoms with Crippen LogP contribution in [0.4, 0.5) is 34.1 Å². The van der Waals surface area contributed by atoms with Crippen molar-refractivity contribution in [1.82, 2.24) is 0 Å². The maximum atomic E-state index is 7.40. The van der Waals surface area contributed by atoms with Crippen molar-refractivity contribution in [2.75, 3.05) is 9.80 Å². The van der Waals surface area contributed by atoms with Crippen molar-refractivity contribution in [1.29, 1.82) is 0 Å². The molecule has 73 heavy (non-hydrogen) atoms. The van der Waals surface area contributed by atoms with Crippen molar-refractivity contribution in [2.24, 2.45) is 0 Å². The minimum absolute atomic E-state index is 0.754. The Kier molecular flexibility index (Phi) is 9.70. The van der Waals surface area contributed by atoms with Gasteiger partial charge in [-0.05, 0) is 91.4 Å². The van der Waals surface area contributed by atoms with Crippen molar-refractivity contribution in [3.05, 3.63) is 241 Å². The van der Waals surface area contributed by atoms with Crippen molar-refractivity contribution in [2.45, 2.75) is 27.7 Å². The Balaban J connectivity index is 1.11. The number of fused-ring (bicyclic) bond motifs is 10. The molecule has 0 aliphatic carbocycles. The lowest BCUT2D eigenvalue weighted by Gasteiger charge is -2.32.